The molecule has 0 heterocycles. The van der Waals surface area contributed by atoms with Crippen LogP contribution in [0.25, 0.3) is 0 Å². The Bertz CT molecular complexity index is 1200. The number of allylic oxidation sites excluding steroid dienone is 3. The summed E-state index contributed by atoms with van der Waals surface area (Å²) in [6.45, 7) is 4.92. The van der Waals surface area contributed by atoms with Gasteiger partial charge in [0.2, 0.25) is 5.91 Å². The third-order valence-corrected chi connectivity index (χ3v) is 16.5. The molecule has 6 heteroatoms. The number of aliphatic hydroxyl groups is 2. The first-order valence-corrected chi connectivity index (χ1v) is 35.1. The van der Waals surface area contributed by atoms with Crippen LogP contribution in [0, 0.1) is 0 Å². The number of aliphatic hydroxyl groups excluding tert-OH is 2. The van der Waals surface area contributed by atoms with Gasteiger partial charge in [-0.25, -0.2) is 0 Å². The molecule has 3 N–H and O–H groups in total. The maximum absolute atomic E-state index is 12.4. The van der Waals surface area contributed by atoms with Crippen molar-refractivity contribution in [3.8, 4) is 0 Å². The van der Waals surface area contributed by atoms with Gasteiger partial charge >= 0.3 is 5.97 Å². The van der Waals surface area contributed by atoms with Crippen LogP contribution in [-0.2, 0) is 14.3 Å². The Balaban J connectivity index is 3.31. The molecule has 0 aromatic heterocycles. The van der Waals surface area contributed by atoms with Gasteiger partial charge in [-0.2, -0.15) is 0 Å². The summed E-state index contributed by atoms with van der Waals surface area (Å²) >= 11 is 0. The molecule has 0 bridgehead atoms. The van der Waals surface area contributed by atoms with Gasteiger partial charge in [0.15, 0.2) is 0 Å². The molecular weight excluding hydrogens is 947 g/mol. The third kappa shape index (κ3) is 63.4. The number of hydrogen-bond acceptors (Lipinski definition) is 5. The molecule has 6 nitrogen and oxygen atoms in total. The van der Waals surface area contributed by atoms with E-state index in [0.29, 0.717) is 19.4 Å². The van der Waals surface area contributed by atoms with E-state index in [2.05, 4.69) is 31.3 Å². The van der Waals surface area contributed by atoms with E-state index in [9.17, 15) is 19.8 Å². The van der Waals surface area contributed by atoms with Crippen LogP contribution in [-0.4, -0.2) is 47.4 Å². The molecule has 0 aromatic rings. The molecule has 0 aromatic carbocycles. The number of carbonyl (C=O) groups is 2. The van der Waals surface area contributed by atoms with Gasteiger partial charge in [0.25, 0.3) is 0 Å². The number of carbonyl (C=O) groups excluding carboxylic acids is 2. The summed E-state index contributed by atoms with van der Waals surface area (Å²) in [5, 5.41) is 23.1. The van der Waals surface area contributed by atoms with Crippen LogP contribution in [0.4, 0.5) is 0 Å². The van der Waals surface area contributed by atoms with Gasteiger partial charge in [-0.15, -0.1) is 0 Å². The smallest absolute Gasteiger partial charge is 0.305 e. The minimum absolute atomic E-state index is 0.0199. The summed E-state index contributed by atoms with van der Waals surface area (Å²) in [6, 6.07) is -0.623. The van der Waals surface area contributed by atoms with Crippen LogP contribution in [0.2, 0.25) is 0 Å². The SMILES string of the molecule is CCCCCCCC/C=C\CCCCCCCCCCCC(=O)OCCCCCCCCCCCCCCCCCCCCCCCCCCCCCCCCC(=O)NC(CO)C(O)/C=C/CCCCCCCCCCC. The molecule has 0 radical (unpaired) electrons. The zero-order valence-corrected chi connectivity index (χ0v) is 52.2. The predicted molar refractivity (Wildman–Crippen MR) is 338 cm³/mol. The number of rotatable bonds is 66. The van der Waals surface area contributed by atoms with E-state index in [0.717, 1.165) is 38.5 Å². The third-order valence-electron chi connectivity index (χ3n) is 16.5. The normalized spacial score (nSPS) is 12.6. The lowest BCUT2D eigenvalue weighted by Crippen LogP contribution is -2.45. The molecule has 456 valence electrons. The molecule has 0 saturated heterocycles. The Morgan fingerprint density at radius 3 is 0.922 bits per heavy atom. The van der Waals surface area contributed by atoms with Crippen molar-refractivity contribution in [1.29, 1.82) is 0 Å². The lowest BCUT2D eigenvalue weighted by molar-refractivity contribution is -0.143. The molecule has 0 aliphatic rings. The van der Waals surface area contributed by atoms with Crippen molar-refractivity contribution in [3.63, 3.8) is 0 Å². The first kappa shape index (κ1) is 75.3. The molecule has 2 atom stereocenters. The molecule has 1 amide bonds. The fourth-order valence-corrected chi connectivity index (χ4v) is 11.1. The van der Waals surface area contributed by atoms with E-state index >= 15 is 0 Å². The van der Waals surface area contributed by atoms with Crippen LogP contribution in [0.15, 0.2) is 24.3 Å². The first-order valence-electron chi connectivity index (χ1n) is 35.1. The van der Waals surface area contributed by atoms with Gasteiger partial charge in [-0.3, -0.25) is 9.59 Å². The highest BCUT2D eigenvalue weighted by Crippen LogP contribution is 2.19. The summed E-state index contributed by atoms with van der Waals surface area (Å²) in [5.74, 6) is -0.0438. The summed E-state index contributed by atoms with van der Waals surface area (Å²) in [7, 11) is 0. The summed E-state index contributed by atoms with van der Waals surface area (Å²) < 4.78 is 5.51. The second-order valence-corrected chi connectivity index (χ2v) is 24.2. The first-order chi connectivity index (χ1) is 38.0. The quantitative estimate of drug-likeness (QED) is 0.0320. The summed E-state index contributed by atoms with van der Waals surface area (Å²) in [5.41, 5.74) is 0. The molecule has 0 rings (SSSR count). The molecular formula is C71H137NO5. The van der Waals surface area contributed by atoms with Crippen molar-refractivity contribution in [1.82, 2.24) is 5.32 Å². The Morgan fingerprint density at radius 1 is 0.351 bits per heavy atom. The summed E-state index contributed by atoms with van der Waals surface area (Å²) in [6.07, 6.45) is 84.1. The van der Waals surface area contributed by atoms with Gasteiger partial charge in [0, 0.05) is 12.8 Å². The zero-order chi connectivity index (χ0) is 55.7. The van der Waals surface area contributed by atoms with E-state index in [1.807, 2.05) is 6.08 Å². The average Bonchev–Trinajstić information content (AvgIpc) is 3.43. The van der Waals surface area contributed by atoms with E-state index in [1.54, 1.807) is 6.08 Å². The van der Waals surface area contributed by atoms with Gasteiger partial charge in [-0.05, 0) is 57.8 Å². The van der Waals surface area contributed by atoms with Gasteiger partial charge in [0.05, 0.1) is 25.4 Å². The van der Waals surface area contributed by atoms with Crippen LogP contribution in [0.5, 0.6) is 0 Å². The monoisotopic (exact) mass is 1080 g/mol. The number of nitrogens with one attached hydrogen (secondary N) is 1. The number of ether oxygens (including phenoxy) is 1. The highest BCUT2D eigenvalue weighted by atomic mass is 16.5. The molecule has 0 spiro atoms. The molecule has 0 aliphatic carbocycles. The summed E-state index contributed by atoms with van der Waals surface area (Å²) in [4.78, 5) is 24.6. The van der Waals surface area contributed by atoms with E-state index in [4.69, 9.17) is 4.74 Å². The van der Waals surface area contributed by atoms with Crippen molar-refractivity contribution in [2.24, 2.45) is 0 Å². The fraction of sp³-hybridized carbons (Fsp3) is 0.915. The zero-order valence-electron chi connectivity index (χ0n) is 52.2. The number of amides is 1. The highest BCUT2D eigenvalue weighted by molar-refractivity contribution is 5.76. The van der Waals surface area contributed by atoms with Gasteiger partial charge < -0.3 is 20.3 Å². The van der Waals surface area contributed by atoms with E-state index in [-0.39, 0.29) is 18.5 Å². The Hall–Kier alpha value is -1.66. The maximum Gasteiger partial charge on any atom is 0.305 e. The van der Waals surface area contributed by atoms with Crippen LogP contribution < -0.4 is 5.32 Å². The standard InChI is InChI=1S/C71H137NO5/c1-3-5-7-9-11-13-15-16-17-18-31-35-38-41-45-49-53-57-61-65-71(76)77-66-62-58-54-50-46-42-39-36-33-30-28-26-24-22-20-19-21-23-25-27-29-32-34-37-40-44-48-52-56-60-64-70(75)72-68(67-73)69(74)63-59-55-51-47-43-14-12-10-8-6-4-2/h16-17,59,63,68-69,73-74H,3-15,18-58,60-62,64-67H2,1-2H3,(H,72,75)/b17-16-,63-59+. The van der Waals surface area contributed by atoms with Gasteiger partial charge in [-0.1, -0.05) is 346 Å². The Kier molecular flexibility index (Phi) is 65.4. The molecule has 0 fully saturated rings. The number of hydrogen-bond donors (Lipinski definition) is 3. The topological polar surface area (TPSA) is 95.9 Å². The lowest BCUT2D eigenvalue weighted by atomic mass is 10.0. The van der Waals surface area contributed by atoms with E-state index < -0.39 is 12.1 Å². The molecule has 2 unspecified atom stereocenters. The van der Waals surface area contributed by atoms with Crippen molar-refractivity contribution in [2.45, 2.75) is 405 Å². The minimum Gasteiger partial charge on any atom is -0.466 e. The Labute approximate surface area is 481 Å². The minimum atomic E-state index is -0.840. The van der Waals surface area contributed by atoms with Crippen LogP contribution >= 0.6 is 0 Å². The van der Waals surface area contributed by atoms with Crippen LogP contribution in [0.3, 0.4) is 0 Å². The molecule has 0 saturated carbocycles. The number of unbranched alkanes of at least 4 members (excludes halogenated alkanes) is 53. The van der Waals surface area contributed by atoms with E-state index in [1.165, 1.54) is 327 Å². The number of esters is 1. The molecule has 77 heavy (non-hydrogen) atoms. The predicted octanol–water partition coefficient (Wildman–Crippen LogP) is 22.5. The average molecular weight is 1080 g/mol. The lowest BCUT2D eigenvalue weighted by Gasteiger charge is -2.20. The fourth-order valence-electron chi connectivity index (χ4n) is 11.1. The highest BCUT2D eigenvalue weighted by Gasteiger charge is 2.18. The van der Waals surface area contributed by atoms with Gasteiger partial charge in [0.1, 0.15) is 0 Å². The van der Waals surface area contributed by atoms with Crippen molar-refractivity contribution < 1.29 is 24.5 Å². The maximum atomic E-state index is 12.4. The molecule has 0 aliphatic heterocycles. The van der Waals surface area contributed by atoms with Crippen molar-refractivity contribution in [2.75, 3.05) is 13.2 Å². The van der Waals surface area contributed by atoms with Crippen molar-refractivity contribution in [3.05, 3.63) is 24.3 Å². The second kappa shape index (κ2) is 66.8. The van der Waals surface area contributed by atoms with Crippen molar-refractivity contribution >= 4 is 11.9 Å². The Morgan fingerprint density at radius 2 is 0.610 bits per heavy atom. The second-order valence-electron chi connectivity index (χ2n) is 24.2. The largest absolute Gasteiger partial charge is 0.466 e. The van der Waals surface area contributed by atoms with Crippen LogP contribution in [0.1, 0.15) is 393 Å².